The van der Waals surface area contributed by atoms with Gasteiger partial charge in [0.05, 0.1) is 5.60 Å². The van der Waals surface area contributed by atoms with Crippen LogP contribution in [0, 0.1) is 0 Å². The summed E-state index contributed by atoms with van der Waals surface area (Å²) >= 11 is 0. The molecule has 100 valence electrons. The van der Waals surface area contributed by atoms with E-state index in [4.69, 9.17) is 9.47 Å². The van der Waals surface area contributed by atoms with Crippen molar-refractivity contribution in [1.29, 1.82) is 0 Å². The maximum atomic E-state index is 9.77. The summed E-state index contributed by atoms with van der Waals surface area (Å²) < 4.78 is 10.9. The molecule has 1 heterocycles. The second kappa shape index (κ2) is 5.46. The highest BCUT2D eigenvalue weighted by molar-refractivity contribution is 4.99. The van der Waals surface area contributed by atoms with Crippen LogP contribution in [0.25, 0.3) is 0 Å². The quantitative estimate of drug-likeness (QED) is 0.606. The van der Waals surface area contributed by atoms with Gasteiger partial charge in [-0.1, -0.05) is 12.2 Å². The fourth-order valence-electron chi connectivity index (χ4n) is 1.67. The summed E-state index contributed by atoms with van der Waals surface area (Å²) in [6, 6.07) is 0. The molecule has 0 aromatic carbocycles. The van der Waals surface area contributed by atoms with Gasteiger partial charge in [0.2, 0.25) is 0 Å². The molecule has 1 fully saturated rings. The van der Waals surface area contributed by atoms with E-state index in [-0.39, 0.29) is 0 Å². The third-order valence-corrected chi connectivity index (χ3v) is 2.46. The molecule has 3 N–H and O–H groups in total. The van der Waals surface area contributed by atoms with E-state index in [0.29, 0.717) is 0 Å². The SMILES string of the molecule is CC=C[C@H]1OC(OC(C)(C)C)[C@@H](O)[C@@H](O)[C@@H]1O. The van der Waals surface area contributed by atoms with Crippen molar-refractivity contribution in [1.82, 2.24) is 0 Å². The topological polar surface area (TPSA) is 79.2 Å². The van der Waals surface area contributed by atoms with Gasteiger partial charge in [-0.05, 0) is 27.7 Å². The number of aliphatic hydroxyl groups excluding tert-OH is 3. The van der Waals surface area contributed by atoms with Crippen molar-refractivity contribution in [3.8, 4) is 0 Å². The zero-order chi connectivity index (χ0) is 13.2. The van der Waals surface area contributed by atoms with Crippen molar-refractivity contribution in [3.05, 3.63) is 12.2 Å². The van der Waals surface area contributed by atoms with Crippen LogP contribution in [0.2, 0.25) is 0 Å². The molecule has 1 aliphatic rings. The summed E-state index contributed by atoms with van der Waals surface area (Å²) in [6.45, 7) is 7.26. The molecule has 5 nitrogen and oxygen atoms in total. The molecule has 1 aliphatic heterocycles. The highest BCUT2D eigenvalue weighted by atomic mass is 16.7. The molecule has 1 unspecified atom stereocenters. The third kappa shape index (κ3) is 3.76. The lowest BCUT2D eigenvalue weighted by Crippen LogP contribution is -2.58. The second-order valence-corrected chi connectivity index (χ2v) is 5.20. The first-order valence-electron chi connectivity index (χ1n) is 5.76. The summed E-state index contributed by atoms with van der Waals surface area (Å²) in [5, 5.41) is 29.2. The molecular weight excluding hydrogens is 224 g/mol. The minimum Gasteiger partial charge on any atom is -0.387 e. The maximum Gasteiger partial charge on any atom is 0.187 e. The van der Waals surface area contributed by atoms with Gasteiger partial charge in [-0.3, -0.25) is 0 Å². The smallest absolute Gasteiger partial charge is 0.187 e. The molecule has 0 bridgehead atoms. The van der Waals surface area contributed by atoms with Crippen molar-refractivity contribution in [2.24, 2.45) is 0 Å². The molecule has 5 heteroatoms. The zero-order valence-corrected chi connectivity index (χ0v) is 10.7. The Labute approximate surface area is 102 Å². The van der Waals surface area contributed by atoms with Crippen LogP contribution in [0.3, 0.4) is 0 Å². The Bertz CT molecular complexity index is 271. The fraction of sp³-hybridized carbons (Fsp3) is 0.833. The Morgan fingerprint density at radius 3 is 2.12 bits per heavy atom. The highest BCUT2D eigenvalue weighted by Crippen LogP contribution is 2.26. The molecule has 17 heavy (non-hydrogen) atoms. The van der Waals surface area contributed by atoms with Gasteiger partial charge < -0.3 is 24.8 Å². The Balaban J connectivity index is 2.78. The van der Waals surface area contributed by atoms with Crippen molar-refractivity contribution in [3.63, 3.8) is 0 Å². The molecule has 0 amide bonds. The standard InChI is InChI=1S/C12H22O5/c1-5-6-7-8(13)9(14)10(15)11(16-7)17-12(2,3)4/h5-11,13-15H,1-4H3/t7-,8-,9+,10+,11?/m1/s1. The summed E-state index contributed by atoms with van der Waals surface area (Å²) in [4.78, 5) is 0. The molecule has 0 aliphatic carbocycles. The van der Waals surface area contributed by atoms with Crippen molar-refractivity contribution >= 4 is 0 Å². The molecule has 0 saturated carbocycles. The van der Waals surface area contributed by atoms with Gasteiger partial charge in [0.25, 0.3) is 0 Å². The van der Waals surface area contributed by atoms with E-state index >= 15 is 0 Å². The van der Waals surface area contributed by atoms with Gasteiger partial charge in [0, 0.05) is 0 Å². The number of allylic oxidation sites excluding steroid dienone is 1. The first kappa shape index (κ1) is 14.6. The van der Waals surface area contributed by atoms with Crippen LogP contribution in [-0.2, 0) is 9.47 Å². The number of ether oxygens (including phenoxy) is 2. The number of hydrogen-bond acceptors (Lipinski definition) is 5. The van der Waals surface area contributed by atoms with Crippen LogP contribution in [0.1, 0.15) is 27.7 Å². The van der Waals surface area contributed by atoms with Gasteiger partial charge in [-0.2, -0.15) is 0 Å². The number of hydrogen-bond donors (Lipinski definition) is 3. The summed E-state index contributed by atoms with van der Waals surface area (Å²) in [5.41, 5.74) is -0.506. The van der Waals surface area contributed by atoms with Crippen molar-refractivity contribution in [2.75, 3.05) is 0 Å². The van der Waals surface area contributed by atoms with Gasteiger partial charge in [0.15, 0.2) is 6.29 Å². The molecule has 1 rings (SSSR count). The minimum absolute atomic E-state index is 0.506. The van der Waals surface area contributed by atoms with Gasteiger partial charge >= 0.3 is 0 Å². The van der Waals surface area contributed by atoms with Crippen LogP contribution in [0.4, 0.5) is 0 Å². The van der Waals surface area contributed by atoms with Gasteiger partial charge in [-0.25, -0.2) is 0 Å². The minimum atomic E-state index is -1.28. The Morgan fingerprint density at radius 2 is 1.65 bits per heavy atom. The third-order valence-electron chi connectivity index (χ3n) is 2.46. The predicted molar refractivity (Wildman–Crippen MR) is 62.3 cm³/mol. The van der Waals surface area contributed by atoms with Crippen LogP contribution in [-0.4, -0.2) is 51.6 Å². The van der Waals surface area contributed by atoms with E-state index in [2.05, 4.69) is 0 Å². The molecule has 1 saturated heterocycles. The van der Waals surface area contributed by atoms with Crippen molar-refractivity contribution < 1.29 is 24.8 Å². The Kier molecular flexibility index (Phi) is 4.69. The largest absolute Gasteiger partial charge is 0.387 e. The second-order valence-electron chi connectivity index (χ2n) is 5.20. The normalized spacial score (nSPS) is 39.8. The van der Waals surface area contributed by atoms with E-state index in [1.54, 1.807) is 19.1 Å². The van der Waals surface area contributed by atoms with Crippen molar-refractivity contribution in [2.45, 2.75) is 64.0 Å². The maximum absolute atomic E-state index is 9.77. The Hall–Kier alpha value is -0.460. The fourth-order valence-corrected chi connectivity index (χ4v) is 1.67. The average Bonchev–Trinajstić information content (AvgIpc) is 2.20. The molecule has 0 spiro atoms. The average molecular weight is 246 g/mol. The molecule has 0 aromatic heterocycles. The zero-order valence-electron chi connectivity index (χ0n) is 10.7. The summed E-state index contributed by atoms with van der Waals surface area (Å²) in [7, 11) is 0. The van der Waals surface area contributed by atoms with Crippen LogP contribution in [0.15, 0.2) is 12.2 Å². The highest BCUT2D eigenvalue weighted by Gasteiger charge is 2.44. The van der Waals surface area contributed by atoms with E-state index < -0.39 is 36.3 Å². The predicted octanol–water partition coefficient (Wildman–Crippen LogP) is 0.185. The number of rotatable bonds is 2. The van der Waals surface area contributed by atoms with Gasteiger partial charge in [-0.15, -0.1) is 0 Å². The van der Waals surface area contributed by atoms with E-state index in [1.165, 1.54) is 0 Å². The van der Waals surface area contributed by atoms with Gasteiger partial charge in [0.1, 0.15) is 24.4 Å². The lowest BCUT2D eigenvalue weighted by Gasteiger charge is -2.41. The summed E-state index contributed by atoms with van der Waals surface area (Å²) in [6.07, 6.45) is -1.98. The monoisotopic (exact) mass is 246 g/mol. The molecule has 5 atom stereocenters. The molecule has 0 radical (unpaired) electrons. The lowest BCUT2D eigenvalue weighted by molar-refractivity contribution is -0.309. The Morgan fingerprint density at radius 1 is 1.06 bits per heavy atom. The van der Waals surface area contributed by atoms with Crippen LogP contribution >= 0.6 is 0 Å². The van der Waals surface area contributed by atoms with Crippen LogP contribution in [0.5, 0.6) is 0 Å². The first-order chi connectivity index (χ1) is 7.76. The summed E-state index contributed by atoms with van der Waals surface area (Å²) in [5.74, 6) is 0. The van der Waals surface area contributed by atoms with E-state index in [1.807, 2.05) is 20.8 Å². The van der Waals surface area contributed by atoms with E-state index in [0.717, 1.165) is 0 Å². The molecular formula is C12H22O5. The first-order valence-corrected chi connectivity index (χ1v) is 5.76. The molecule has 0 aromatic rings. The number of aliphatic hydroxyl groups is 3. The van der Waals surface area contributed by atoms with E-state index in [9.17, 15) is 15.3 Å². The van der Waals surface area contributed by atoms with Crippen LogP contribution < -0.4 is 0 Å². The lowest BCUT2D eigenvalue weighted by atomic mass is 9.98.